The largest absolute Gasteiger partial charge is 0.396 e. The van der Waals surface area contributed by atoms with Gasteiger partial charge in [0.05, 0.1) is 19.4 Å². The van der Waals surface area contributed by atoms with Crippen molar-refractivity contribution in [3.8, 4) is 0 Å². The highest BCUT2D eigenvalue weighted by molar-refractivity contribution is 5.91. The number of amides is 2. The summed E-state index contributed by atoms with van der Waals surface area (Å²) in [4.78, 5) is 54.6. The molecule has 2 saturated heterocycles. The molecular weight excluding hydrogens is 668 g/mol. The monoisotopic (exact) mass is 733 g/mol. The number of hydrogen-bond donors (Lipinski definition) is 10. The minimum atomic E-state index is -0.441. The van der Waals surface area contributed by atoms with Crippen LogP contribution in [0.15, 0.2) is 11.1 Å². The van der Waals surface area contributed by atoms with Gasteiger partial charge in [-0.25, -0.2) is 4.98 Å². The minimum absolute atomic E-state index is 0.0672. The van der Waals surface area contributed by atoms with Crippen molar-refractivity contribution in [1.29, 1.82) is 0 Å². The molecule has 0 bridgehead atoms. The quantitative estimate of drug-likeness (QED) is 0.111. The van der Waals surface area contributed by atoms with Gasteiger partial charge in [0.1, 0.15) is 0 Å². The summed E-state index contributed by atoms with van der Waals surface area (Å²) in [6, 6.07) is 0. The maximum atomic E-state index is 13.1. The summed E-state index contributed by atoms with van der Waals surface area (Å²) in [7, 11) is 0. The van der Waals surface area contributed by atoms with Crippen LogP contribution >= 0.6 is 0 Å². The zero-order valence-corrected chi connectivity index (χ0v) is 30.9. The summed E-state index contributed by atoms with van der Waals surface area (Å²) in [5.41, 5.74) is 0.0849. The Labute approximate surface area is 307 Å². The maximum absolute atomic E-state index is 13.1. The minimum Gasteiger partial charge on any atom is -0.396 e. The van der Waals surface area contributed by atoms with E-state index in [4.69, 9.17) is 0 Å². The van der Waals surface area contributed by atoms with E-state index in [1.54, 1.807) is 10.9 Å². The Balaban J connectivity index is 1.25. The second kappa shape index (κ2) is 25.0. The van der Waals surface area contributed by atoms with Crippen molar-refractivity contribution < 1.29 is 14.7 Å². The van der Waals surface area contributed by atoms with Crippen molar-refractivity contribution in [3.63, 3.8) is 0 Å². The predicted molar refractivity (Wildman–Crippen MR) is 204 cm³/mol. The van der Waals surface area contributed by atoms with Crippen LogP contribution in [0.1, 0.15) is 32.1 Å². The van der Waals surface area contributed by atoms with Gasteiger partial charge in [0.2, 0.25) is 17.8 Å². The maximum Gasteiger partial charge on any atom is 0.280 e. The number of fused-ring (bicyclic) bond motifs is 1. The third-order valence-electron chi connectivity index (χ3n) is 9.33. The first-order valence-corrected chi connectivity index (χ1v) is 19.3. The molecule has 1 atom stereocenters. The highest BCUT2D eigenvalue weighted by atomic mass is 16.3. The molecule has 1 unspecified atom stereocenters. The van der Waals surface area contributed by atoms with Gasteiger partial charge in [0.25, 0.3) is 5.56 Å². The lowest BCUT2D eigenvalue weighted by Gasteiger charge is -2.23. The van der Waals surface area contributed by atoms with Crippen LogP contribution in [0.5, 0.6) is 0 Å². The molecule has 52 heavy (non-hydrogen) atoms. The number of carbonyl (C=O) groups is 2. The molecule has 2 aromatic rings. The van der Waals surface area contributed by atoms with Crippen molar-refractivity contribution in [3.05, 3.63) is 16.7 Å². The molecule has 0 aromatic carbocycles. The van der Waals surface area contributed by atoms with Crippen molar-refractivity contribution in [2.75, 3.05) is 136 Å². The number of carbonyl (C=O) groups excluding carboxylic acids is 2. The van der Waals surface area contributed by atoms with Crippen molar-refractivity contribution >= 4 is 28.9 Å². The fourth-order valence-electron chi connectivity index (χ4n) is 6.30. The first kappa shape index (κ1) is 41.7. The number of aliphatic hydroxyl groups is 1. The van der Waals surface area contributed by atoms with E-state index in [1.807, 2.05) is 0 Å². The van der Waals surface area contributed by atoms with Crippen LogP contribution in [0.4, 0.5) is 5.95 Å². The molecule has 0 radical (unpaired) electrons. The first-order valence-electron chi connectivity index (χ1n) is 19.3. The lowest BCUT2D eigenvalue weighted by molar-refractivity contribution is -0.122. The van der Waals surface area contributed by atoms with Crippen LogP contribution in [0, 0.1) is 5.92 Å². The summed E-state index contributed by atoms with van der Waals surface area (Å²) in [5, 5.41) is 36.6. The van der Waals surface area contributed by atoms with E-state index in [2.05, 4.69) is 67.3 Å². The smallest absolute Gasteiger partial charge is 0.280 e. The summed E-state index contributed by atoms with van der Waals surface area (Å²) in [5.74, 6) is -0.453. The van der Waals surface area contributed by atoms with E-state index in [9.17, 15) is 19.5 Å². The number of nitrogens with one attached hydrogen (secondary N) is 9. The Morgan fingerprint density at radius 3 is 1.85 bits per heavy atom. The van der Waals surface area contributed by atoms with Gasteiger partial charge in [0.15, 0.2) is 11.2 Å². The zero-order valence-electron chi connectivity index (χ0n) is 30.9. The molecule has 2 fully saturated rings. The molecule has 4 rings (SSSR count). The van der Waals surface area contributed by atoms with Crippen molar-refractivity contribution in [1.82, 2.24) is 66.5 Å². The average Bonchev–Trinajstić information content (AvgIpc) is 3.54. The van der Waals surface area contributed by atoms with Gasteiger partial charge >= 0.3 is 0 Å². The molecule has 0 aliphatic carbocycles. The van der Waals surface area contributed by atoms with E-state index in [-0.39, 0.29) is 42.3 Å². The Kier molecular flexibility index (Phi) is 20.1. The number of anilines is 1. The molecule has 2 amide bonds. The number of nitrogens with zero attached hydrogens (tertiary/aromatic N) is 5. The van der Waals surface area contributed by atoms with Crippen LogP contribution in [0.3, 0.4) is 0 Å². The number of hydrogen-bond acceptors (Lipinski definition) is 14. The molecule has 10 N–H and O–H groups in total. The highest BCUT2D eigenvalue weighted by Gasteiger charge is 2.17. The number of aryl methyl sites for hydroxylation is 1. The highest BCUT2D eigenvalue weighted by Crippen LogP contribution is 2.12. The second-order valence-corrected chi connectivity index (χ2v) is 13.7. The standard InChI is InChI=1S/C34H64N14O4/c49-26-28(23-41-29(50)24-46-18-3-10-37-14-12-35-6-1-8-39-16-21-46)5-20-48-27-42-31-32(48)44-34(45-33(31)52)43-30(51)25-47-19-4-11-38-15-13-36-7-2-9-40-17-22-47/h27-28,35-40,49H,1-26H2,(H,41,50)(H2,43,44,45,51,52). The molecule has 0 spiro atoms. The summed E-state index contributed by atoms with van der Waals surface area (Å²) < 4.78 is 1.75. The topological polar surface area (TPSA) is 221 Å². The Morgan fingerprint density at radius 2 is 1.27 bits per heavy atom. The molecule has 4 heterocycles. The molecular formula is C34H64N14O4. The van der Waals surface area contributed by atoms with E-state index in [1.165, 1.54) is 0 Å². The Morgan fingerprint density at radius 1 is 0.731 bits per heavy atom. The second-order valence-electron chi connectivity index (χ2n) is 13.7. The van der Waals surface area contributed by atoms with E-state index in [0.29, 0.717) is 31.7 Å². The lowest BCUT2D eigenvalue weighted by atomic mass is 10.1. The summed E-state index contributed by atoms with van der Waals surface area (Å²) in [6.45, 7) is 15.2. The number of rotatable bonds is 11. The van der Waals surface area contributed by atoms with Gasteiger partial charge in [-0.15, -0.1) is 0 Å². The molecule has 0 saturated carbocycles. The number of H-pyrrole nitrogens is 1. The molecule has 18 heteroatoms. The average molecular weight is 733 g/mol. The van der Waals surface area contributed by atoms with E-state index in [0.717, 1.165) is 130 Å². The molecule has 18 nitrogen and oxygen atoms in total. The SMILES string of the molecule is O=C(CN1CCCNCCNCCCNCC1)NCC(CO)CCn1cnc2c(=O)[nH]c(NC(=O)CN3CCCNCCNCCCNCC3)nc21. The fourth-order valence-corrected chi connectivity index (χ4v) is 6.30. The normalized spacial score (nSPS) is 20.0. The number of imidazole rings is 1. The number of aromatic amines is 1. The first-order chi connectivity index (χ1) is 25.5. The summed E-state index contributed by atoms with van der Waals surface area (Å²) >= 11 is 0. The van der Waals surface area contributed by atoms with Gasteiger partial charge in [-0.3, -0.25) is 34.5 Å². The zero-order chi connectivity index (χ0) is 36.6. The van der Waals surface area contributed by atoms with Crippen LogP contribution in [-0.2, 0) is 16.1 Å². The van der Waals surface area contributed by atoms with E-state index >= 15 is 0 Å². The van der Waals surface area contributed by atoms with Crippen LogP contribution in [-0.4, -0.2) is 177 Å². The van der Waals surface area contributed by atoms with Gasteiger partial charge in [-0.1, -0.05) is 0 Å². The third kappa shape index (κ3) is 16.3. The van der Waals surface area contributed by atoms with Gasteiger partial charge in [0, 0.05) is 78.0 Å². The molecule has 294 valence electrons. The Bertz CT molecular complexity index is 1330. The van der Waals surface area contributed by atoms with Crippen molar-refractivity contribution in [2.24, 2.45) is 5.92 Å². The summed E-state index contributed by atoms with van der Waals surface area (Å²) in [6.07, 6.45) is 6.06. The van der Waals surface area contributed by atoms with Gasteiger partial charge in [-0.05, 0) is 84.5 Å². The lowest BCUT2D eigenvalue weighted by Crippen LogP contribution is -2.43. The van der Waals surface area contributed by atoms with E-state index < -0.39 is 5.56 Å². The molecule has 2 aliphatic heterocycles. The van der Waals surface area contributed by atoms with Gasteiger partial charge < -0.3 is 46.9 Å². The van der Waals surface area contributed by atoms with Crippen LogP contribution in [0.25, 0.3) is 11.2 Å². The van der Waals surface area contributed by atoms with Crippen molar-refractivity contribution in [2.45, 2.75) is 38.6 Å². The number of aromatic nitrogens is 4. The number of aliphatic hydroxyl groups excluding tert-OH is 1. The van der Waals surface area contributed by atoms with Gasteiger partial charge in [-0.2, -0.15) is 4.98 Å². The van der Waals surface area contributed by atoms with Crippen LogP contribution in [0.2, 0.25) is 0 Å². The molecule has 2 aliphatic rings. The third-order valence-corrected chi connectivity index (χ3v) is 9.33. The van der Waals surface area contributed by atoms with Crippen LogP contribution < -0.4 is 48.1 Å². The predicted octanol–water partition coefficient (Wildman–Crippen LogP) is -3.10. The fraction of sp³-hybridized carbons (Fsp3) is 0.794. The Hall–Kier alpha value is -3.07. The molecule has 2 aromatic heterocycles.